The Balaban J connectivity index is 1.65. The molecular weight excluding hydrogens is 452 g/mol. The van der Waals surface area contributed by atoms with Crippen LogP contribution in [-0.2, 0) is 19.1 Å². The third-order valence-electron chi connectivity index (χ3n) is 6.69. The maximum Gasteiger partial charge on any atom is 0.329 e. The Morgan fingerprint density at radius 1 is 1.03 bits per heavy atom. The van der Waals surface area contributed by atoms with E-state index in [4.69, 9.17) is 21.0 Å². The first kappa shape index (κ1) is 26.2. The molecule has 3 rings (SSSR count). The highest BCUT2D eigenvalue weighted by atomic mass is 16.5. The van der Waals surface area contributed by atoms with Crippen LogP contribution in [0.1, 0.15) is 73.7 Å². The molecule has 1 aromatic rings. The van der Waals surface area contributed by atoms with Gasteiger partial charge in [-0.1, -0.05) is 18.6 Å². The van der Waals surface area contributed by atoms with Crippen molar-refractivity contribution in [1.82, 2.24) is 10.2 Å². The number of rotatable bonds is 9. The summed E-state index contributed by atoms with van der Waals surface area (Å²) in [6, 6.07) is 4.95. The molecule has 1 aromatic carbocycles. The largest absolute Gasteiger partial charge is 0.481 e. The number of hydrogen-bond acceptors (Lipinski definition) is 6. The number of carbonyl (C=O) groups is 4. The molecule has 1 aliphatic carbocycles. The number of nitrogen functional groups attached to an aromatic ring is 1. The molecule has 1 atom stereocenters. The minimum atomic E-state index is -1.14. The number of amides is 2. The minimum Gasteiger partial charge on any atom is -0.481 e. The number of nitrogens with zero attached hydrogens (tertiary/aromatic N) is 1. The summed E-state index contributed by atoms with van der Waals surface area (Å²) in [6.45, 7) is 0.837. The van der Waals surface area contributed by atoms with Crippen LogP contribution in [0.25, 0.3) is 0 Å². The molecule has 5 N–H and O–H groups in total. The minimum absolute atomic E-state index is 0.0290. The summed E-state index contributed by atoms with van der Waals surface area (Å²) >= 11 is 0. The van der Waals surface area contributed by atoms with Crippen molar-refractivity contribution < 1.29 is 29.0 Å². The van der Waals surface area contributed by atoms with Crippen LogP contribution < -0.4 is 11.1 Å². The standard InChI is InChI=1S/C25H34N4O6/c26-23(27)17-6-8-18(9-7-17)24(33)28-20(25(34)35-19-4-2-1-3-5-19)15-21(30)29-12-10-16(11-13-29)14-22(31)32/h6-9,16,19-20H,1-5,10-15H2,(H3,26,27)(H,28,33)(H,31,32)/t20-/m0/s1. The highest BCUT2D eigenvalue weighted by Gasteiger charge is 2.32. The van der Waals surface area contributed by atoms with Gasteiger partial charge in [0.05, 0.1) is 6.42 Å². The Kier molecular flexibility index (Phi) is 9.22. The van der Waals surface area contributed by atoms with Crippen LogP contribution in [-0.4, -0.2) is 64.8 Å². The first-order chi connectivity index (χ1) is 16.7. The number of aliphatic carboxylic acids is 1. The molecule has 2 fully saturated rings. The molecule has 0 unspecified atom stereocenters. The van der Waals surface area contributed by atoms with Crippen LogP contribution in [0.5, 0.6) is 0 Å². The Hall–Kier alpha value is -3.43. The molecule has 35 heavy (non-hydrogen) atoms. The zero-order chi connectivity index (χ0) is 25.4. The number of hydrogen-bond donors (Lipinski definition) is 4. The molecular formula is C25H34N4O6. The second-order valence-electron chi connectivity index (χ2n) is 9.34. The van der Waals surface area contributed by atoms with Crippen molar-refractivity contribution in [3.63, 3.8) is 0 Å². The van der Waals surface area contributed by atoms with Gasteiger partial charge in [0.25, 0.3) is 5.91 Å². The van der Waals surface area contributed by atoms with Gasteiger partial charge in [0.2, 0.25) is 5.91 Å². The summed E-state index contributed by atoms with van der Waals surface area (Å²) in [5.74, 6) is -2.38. The van der Waals surface area contributed by atoms with Gasteiger partial charge in [-0.3, -0.25) is 19.8 Å². The number of nitrogens with one attached hydrogen (secondary N) is 2. The second kappa shape index (κ2) is 12.3. The van der Waals surface area contributed by atoms with Gasteiger partial charge in [-0.25, -0.2) is 4.79 Å². The Morgan fingerprint density at radius 2 is 1.63 bits per heavy atom. The molecule has 0 spiro atoms. The van der Waals surface area contributed by atoms with E-state index in [1.165, 1.54) is 12.1 Å². The summed E-state index contributed by atoms with van der Waals surface area (Å²) in [4.78, 5) is 51.4. The first-order valence-electron chi connectivity index (χ1n) is 12.2. The quantitative estimate of drug-likeness (QED) is 0.236. The van der Waals surface area contributed by atoms with Crippen LogP contribution in [0.4, 0.5) is 0 Å². The average Bonchev–Trinajstić information content (AvgIpc) is 2.84. The number of nitrogens with two attached hydrogens (primary N) is 1. The summed E-state index contributed by atoms with van der Waals surface area (Å²) in [7, 11) is 0. The van der Waals surface area contributed by atoms with Crippen LogP contribution in [0.3, 0.4) is 0 Å². The lowest BCUT2D eigenvalue weighted by atomic mass is 9.93. The number of carboxylic acids is 1. The number of piperidine rings is 1. The maximum absolute atomic E-state index is 13.0. The van der Waals surface area contributed by atoms with Crippen molar-refractivity contribution in [2.45, 2.75) is 69.9 Å². The molecule has 1 saturated carbocycles. The van der Waals surface area contributed by atoms with Gasteiger partial charge >= 0.3 is 11.9 Å². The van der Waals surface area contributed by atoms with Crippen LogP contribution in [0.15, 0.2) is 24.3 Å². The second-order valence-corrected chi connectivity index (χ2v) is 9.34. The molecule has 1 saturated heterocycles. The fourth-order valence-corrected chi connectivity index (χ4v) is 4.60. The monoisotopic (exact) mass is 486 g/mol. The lowest BCUT2D eigenvalue weighted by Gasteiger charge is -2.32. The van der Waals surface area contributed by atoms with Crippen molar-refractivity contribution >= 4 is 29.6 Å². The molecule has 10 nitrogen and oxygen atoms in total. The van der Waals surface area contributed by atoms with Crippen molar-refractivity contribution in [2.24, 2.45) is 11.7 Å². The van der Waals surface area contributed by atoms with Gasteiger partial charge in [0, 0.05) is 30.6 Å². The molecule has 2 aliphatic rings. The number of benzene rings is 1. The van der Waals surface area contributed by atoms with E-state index in [0.29, 0.717) is 31.5 Å². The number of carboxylic acid groups (broad SMARTS) is 1. The highest BCUT2D eigenvalue weighted by molar-refractivity contribution is 6.00. The normalized spacial score (nSPS) is 17.9. The highest BCUT2D eigenvalue weighted by Crippen LogP contribution is 2.23. The SMILES string of the molecule is N=C(N)c1ccc(C(=O)N[C@@H](CC(=O)N2CCC(CC(=O)O)CC2)C(=O)OC2CCCCC2)cc1. The van der Waals surface area contributed by atoms with E-state index in [0.717, 1.165) is 32.1 Å². The topological polar surface area (TPSA) is 163 Å². The summed E-state index contributed by atoms with van der Waals surface area (Å²) < 4.78 is 5.66. The predicted octanol–water partition coefficient (Wildman–Crippen LogP) is 2.05. The van der Waals surface area contributed by atoms with E-state index in [-0.39, 0.29) is 42.2 Å². The van der Waals surface area contributed by atoms with E-state index in [2.05, 4.69) is 5.32 Å². The predicted molar refractivity (Wildman–Crippen MR) is 128 cm³/mol. The van der Waals surface area contributed by atoms with Gasteiger partial charge in [-0.2, -0.15) is 0 Å². The van der Waals surface area contributed by atoms with E-state index in [1.807, 2.05) is 0 Å². The average molecular weight is 487 g/mol. The van der Waals surface area contributed by atoms with E-state index < -0.39 is 23.9 Å². The van der Waals surface area contributed by atoms with Crippen LogP contribution in [0, 0.1) is 11.3 Å². The molecule has 0 radical (unpaired) electrons. The Labute approximate surface area is 204 Å². The first-order valence-corrected chi connectivity index (χ1v) is 12.2. The van der Waals surface area contributed by atoms with Crippen LogP contribution in [0.2, 0.25) is 0 Å². The fourth-order valence-electron chi connectivity index (χ4n) is 4.60. The summed E-state index contributed by atoms with van der Waals surface area (Å²) in [5.41, 5.74) is 6.20. The van der Waals surface area contributed by atoms with Gasteiger partial charge in [-0.05, 0) is 56.6 Å². The summed E-state index contributed by atoms with van der Waals surface area (Å²) in [6.07, 6.45) is 5.39. The summed E-state index contributed by atoms with van der Waals surface area (Å²) in [5, 5.41) is 19.1. The number of esters is 1. The Morgan fingerprint density at radius 3 is 2.20 bits per heavy atom. The molecule has 0 aromatic heterocycles. The van der Waals surface area contributed by atoms with E-state index in [9.17, 15) is 19.2 Å². The van der Waals surface area contributed by atoms with Gasteiger partial charge < -0.3 is 25.8 Å². The van der Waals surface area contributed by atoms with Crippen LogP contribution >= 0.6 is 0 Å². The lowest BCUT2D eigenvalue weighted by Crippen LogP contribution is -2.48. The van der Waals surface area contributed by atoms with Crippen molar-refractivity contribution in [2.75, 3.05) is 13.1 Å². The van der Waals surface area contributed by atoms with Gasteiger partial charge in [0.1, 0.15) is 18.0 Å². The van der Waals surface area contributed by atoms with Gasteiger partial charge in [0.15, 0.2) is 0 Å². The Bertz CT molecular complexity index is 934. The fraction of sp³-hybridized carbons (Fsp3) is 0.560. The number of amidine groups is 1. The molecule has 0 bridgehead atoms. The molecule has 10 heteroatoms. The van der Waals surface area contributed by atoms with E-state index in [1.54, 1.807) is 17.0 Å². The molecule has 2 amide bonds. The van der Waals surface area contributed by atoms with E-state index >= 15 is 0 Å². The lowest BCUT2D eigenvalue weighted by molar-refractivity contribution is -0.155. The maximum atomic E-state index is 13.0. The van der Waals surface area contributed by atoms with Crippen molar-refractivity contribution in [3.05, 3.63) is 35.4 Å². The van der Waals surface area contributed by atoms with Gasteiger partial charge in [-0.15, -0.1) is 0 Å². The molecule has 1 aliphatic heterocycles. The van der Waals surface area contributed by atoms with Crippen molar-refractivity contribution in [3.8, 4) is 0 Å². The number of ether oxygens (including phenoxy) is 1. The third-order valence-corrected chi connectivity index (χ3v) is 6.69. The zero-order valence-corrected chi connectivity index (χ0v) is 19.8. The molecule has 190 valence electrons. The number of likely N-dealkylation sites (tertiary alicyclic amines) is 1. The van der Waals surface area contributed by atoms with Crippen molar-refractivity contribution in [1.29, 1.82) is 5.41 Å². The smallest absolute Gasteiger partial charge is 0.329 e. The number of carbonyl (C=O) groups excluding carboxylic acids is 3. The molecule has 1 heterocycles. The zero-order valence-electron chi connectivity index (χ0n) is 19.8. The third kappa shape index (κ3) is 7.80.